The number of carbonyl (C=O) groups is 1. The Bertz CT molecular complexity index is 479. The van der Waals surface area contributed by atoms with E-state index in [2.05, 4.69) is 33.1 Å². The molecule has 1 amide bonds. The monoisotopic (exact) mass is 340 g/mol. The largest absolute Gasteiger partial charge is 0.496 e. The third-order valence-corrected chi connectivity index (χ3v) is 4.19. The third-order valence-electron chi connectivity index (χ3n) is 3.69. The molecule has 1 aliphatic heterocycles. The second kappa shape index (κ2) is 7.09. The smallest absolute Gasteiger partial charge is 0.255 e. The van der Waals surface area contributed by atoms with Crippen LogP contribution in [0.5, 0.6) is 5.75 Å². The van der Waals surface area contributed by atoms with Crippen LogP contribution in [-0.2, 0) is 0 Å². The molecule has 1 heterocycles. The van der Waals surface area contributed by atoms with Gasteiger partial charge in [0.25, 0.3) is 5.91 Å². The van der Waals surface area contributed by atoms with Gasteiger partial charge in [-0.15, -0.1) is 0 Å². The summed E-state index contributed by atoms with van der Waals surface area (Å²) in [6.45, 7) is 5.25. The molecule has 1 fully saturated rings. The average Bonchev–Trinajstić information content (AvgIpc) is 2.47. The predicted octanol–water partition coefficient (Wildman–Crippen LogP) is 2.67. The molecule has 1 unspecified atom stereocenters. The zero-order valence-electron chi connectivity index (χ0n) is 12.0. The Morgan fingerprint density at radius 3 is 3.05 bits per heavy atom. The van der Waals surface area contributed by atoms with E-state index in [1.54, 1.807) is 19.2 Å². The molecule has 1 aliphatic rings. The SMILES string of the molecule is CCN1CCCC(NC(=O)c2cc(Br)ccc2OC)C1. The van der Waals surface area contributed by atoms with Crippen molar-refractivity contribution in [1.29, 1.82) is 0 Å². The number of benzene rings is 1. The molecule has 110 valence electrons. The van der Waals surface area contributed by atoms with Crippen molar-refractivity contribution in [2.24, 2.45) is 0 Å². The summed E-state index contributed by atoms with van der Waals surface area (Å²) < 4.78 is 6.14. The second-order valence-electron chi connectivity index (χ2n) is 5.05. The van der Waals surface area contributed by atoms with Crippen molar-refractivity contribution in [1.82, 2.24) is 10.2 Å². The Kier molecular flexibility index (Phi) is 5.43. The third kappa shape index (κ3) is 3.73. The molecule has 1 aromatic carbocycles. The van der Waals surface area contributed by atoms with E-state index >= 15 is 0 Å². The molecule has 5 heteroatoms. The molecule has 1 atom stereocenters. The Morgan fingerprint density at radius 1 is 1.55 bits per heavy atom. The first-order chi connectivity index (χ1) is 9.63. The zero-order chi connectivity index (χ0) is 14.5. The Balaban J connectivity index is 2.06. The standard InChI is InChI=1S/C15H21BrN2O2/c1-3-18-8-4-5-12(10-18)17-15(19)13-9-11(16)6-7-14(13)20-2/h6-7,9,12H,3-5,8,10H2,1-2H3,(H,17,19). The predicted molar refractivity (Wildman–Crippen MR) is 83.3 cm³/mol. The van der Waals surface area contributed by atoms with E-state index in [0.29, 0.717) is 11.3 Å². The molecule has 1 saturated heterocycles. The maximum atomic E-state index is 12.4. The Hall–Kier alpha value is -1.07. The summed E-state index contributed by atoms with van der Waals surface area (Å²) in [7, 11) is 1.58. The van der Waals surface area contributed by atoms with Gasteiger partial charge in [-0.3, -0.25) is 4.79 Å². The van der Waals surface area contributed by atoms with Crippen LogP contribution in [0.3, 0.4) is 0 Å². The number of amides is 1. The van der Waals surface area contributed by atoms with Gasteiger partial charge in [0.05, 0.1) is 12.7 Å². The molecule has 0 bridgehead atoms. The number of nitrogens with zero attached hydrogens (tertiary/aromatic N) is 1. The fraction of sp³-hybridized carbons (Fsp3) is 0.533. The number of rotatable bonds is 4. The molecule has 1 aromatic rings. The summed E-state index contributed by atoms with van der Waals surface area (Å²) in [6.07, 6.45) is 2.17. The lowest BCUT2D eigenvalue weighted by Gasteiger charge is -2.32. The van der Waals surface area contributed by atoms with Crippen LogP contribution in [0.25, 0.3) is 0 Å². The average molecular weight is 341 g/mol. The molecule has 4 nitrogen and oxygen atoms in total. The number of hydrogen-bond donors (Lipinski definition) is 1. The molecule has 0 aromatic heterocycles. The van der Waals surface area contributed by atoms with Gasteiger partial charge in [0.2, 0.25) is 0 Å². The van der Waals surface area contributed by atoms with Crippen LogP contribution in [-0.4, -0.2) is 43.6 Å². The van der Waals surface area contributed by atoms with Crippen molar-refractivity contribution in [2.75, 3.05) is 26.7 Å². The maximum absolute atomic E-state index is 12.4. The van der Waals surface area contributed by atoms with Gasteiger partial charge in [-0.25, -0.2) is 0 Å². The summed E-state index contributed by atoms with van der Waals surface area (Å²) in [6, 6.07) is 5.70. The van der Waals surface area contributed by atoms with Crippen LogP contribution >= 0.6 is 15.9 Å². The van der Waals surface area contributed by atoms with Gasteiger partial charge in [-0.2, -0.15) is 0 Å². The molecular formula is C15H21BrN2O2. The van der Waals surface area contributed by atoms with E-state index in [4.69, 9.17) is 4.74 Å². The molecule has 1 N–H and O–H groups in total. The molecule has 0 radical (unpaired) electrons. The van der Waals surface area contributed by atoms with E-state index in [0.717, 1.165) is 36.9 Å². The number of carbonyl (C=O) groups excluding carboxylic acids is 1. The molecule has 0 saturated carbocycles. The Morgan fingerprint density at radius 2 is 2.35 bits per heavy atom. The van der Waals surface area contributed by atoms with E-state index in [1.165, 1.54) is 0 Å². The van der Waals surface area contributed by atoms with Gasteiger partial charge in [-0.1, -0.05) is 22.9 Å². The molecule has 0 spiro atoms. The fourth-order valence-corrected chi connectivity index (χ4v) is 2.94. The highest BCUT2D eigenvalue weighted by Crippen LogP contribution is 2.23. The highest BCUT2D eigenvalue weighted by molar-refractivity contribution is 9.10. The summed E-state index contributed by atoms with van der Waals surface area (Å²) >= 11 is 3.40. The minimum absolute atomic E-state index is 0.0638. The minimum Gasteiger partial charge on any atom is -0.496 e. The lowest BCUT2D eigenvalue weighted by atomic mass is 10.0. The maximum Gasteiger partial charge on any atom is 0.255 e. The van der Waals surface area contributed by atoms with Crippen LogP contribution in [0.15, 0.2) is 22.7 Å². The van der Waals surface area contributed by atoms with Crippen molar-refractivity contribution >= 4 is 21.8 Å². The summed E-state index contributed by atoms with van der Waals surface area (Å²) in [5, 5.41) is 3.12. The van der Waals surface area contributed by atoms with E-state index in [1.807, 2.05) is 6.07 Å². The number of methoxy groups -OCH3 is 1. The highest BCUT2D eigenvalue weighted by Gasteiger charge is 2.22. The van der Waals surface area contributed by atoms with Crippen LogP contribution in [0, 0.1) is 0 Å². The first-order valence-electron chi connectivity index (χ1n) is 7.00. The van der Waals surface area contributed by atoms with Crippen molar-refractivity contribution in [3.8, 4) is 5.75 Å². The van der Waals surface area contributed by atoms with Gasteiger partial charge in [0, 0.05) is 17.1 Å². The first-order valence-corrected chi connectivity index (χ1v) is 7.80. The van der Waals surface area contributed by atoms with Crippen molar-refractivity contribution in [3.05, 3.63) is 28.2 Å². The van der Waals surface area contributed by atoms with Gasteiger partial charge in [0.1, 0.15) is 5.75 Å². The number of likely N-dealkylation sites (tertiary alicyclic amines) is 1. The number of likely N-dealkylation sites (N-methyl/N-ethyl adjacent to an activating group) is 1. The quantitative estimate of drug-likeness (QED) is 0.916. The van der Waals surface area contributed by atoms with Gasteiger partial charge in [0.15, 0.2) is 0 Å². The molecular weight excluding hydrogens is 320 g/mol. The number of halogens is 1. The van der Waals surface area contributed by atoms with Crippen molar-refractivity contribution < 1.29 is 9.53 Å². The number of nitrogens with one attached hydrogen (secondary N) is 1. The summed E-state index contributed by atoms with van der Waals surface area (Å²) in [5.74, 6) is 0.542. The lowest BCUT2D eigenvalue weighted by molar-refractivity contribution is 0.0903. The van der Waals surface area contributed by atoms with Crippen LogP contribution in [0.2, 0.25) is 0 Å². The second-order valence-corrected chi connectivity index (χ2v) is 5.97. The van der Waals surface area contributed by atoms with Crippen LogP contribution in [0.4, 0.5) is 0 Å². The molecule has 20 heavy (non-hydrogen) atoms. The van der Waals surface area contributed by atoms with E-state index in [9.17, 15) is 4.79 Å². The van der Waals surface area contributed by atoms with Crippen molar-refractivity contribution in [2.45, 2.75) is 25.8 Å². The first kappa shape index (κ1) is 15.3. The number of ether oxygens (including phenoxy) is 1. The number of hydrogen-bond acceptors (Lipinski definition) is 3. The summed E-state index contributed by atoms with van der Waals surface area (Å²) in [5.41, 5.74) is 0.579. The van der Waals surface area contributed by atoms with Gasteiger partial charge in [-0.05, 0) is 44.1 Å². The van der Waals surface area contributed by atoms with Crippen molar-refractivity contribution in [3.63, 3.8) is 0 Å². The van der Waals surface area contributed by atoms with Crippen LogP contribution in [0.1, 0.15) is 30.1 Å². The molecule has 0 aliphatic carbocycles. The topological polar surface area (TPSA) is 41.6 Å². The highest BCUT2D eigenvalue weighted by atomic mass is 79.9. The van der Waals surface area contributed by atoms with E-state index < -0.39 is 0 Å². The fourth-order valence-electron chi connectivity index (χ4n) is 2.58. The van der Waals surface area contributed by atoms with Crippen LogP contribution < -0.4 is 10.1 Å². The normalized spacial score (nSPS) is 19.6. The zero-order valence-corrected chi connectivity index (χ0v) is 13.6. The lowest BCUT2D eigenvalue weighted by Crippen LogP contribution is -2.47. The summed E-state index contributed by atoms with van der Waals surface area (Å²) in [4.78, 5) is 14.8. The van der Waals surface area contributed by atoms with Gasteiger partial charge < -0.3 is 15.0 Å². The Labute approximate surface area is 128 Å². The number of piperidine rings is 1. The minimum atomic E-state index is -0.0638. The van der Waals surface area contributed by atoms with E-state index in [-0.39, 0.29) is 11.9 Å². The molecule has 2 rings (SSSR count). The van der Waals surface area contributed by atoms with Gasteiger partial charge >= 0.3 is 0 Å².